The smallest absolute Gasteiger partial charge is 0.238 e. The molecule has 188 valence electrons. The highest BCUT2D eigenvalue weighted by molar-refractivity contribution is 5.94. The Morgan fingerprint density at radius 3 is 1.55 bits per heavy atom. The normalized spacial score (nSPS) is 11.0. The van der Waals surface area contributed by atoms with Crippen LogP contribution in [0.4, 0.5) is 11.4 Å². The molecular formula is C28H49N3O2. The lowest BCUT2D eigenvalue weighted by Crippen LogP contribution is -2.28. The average Bonchev–Trinajstić information content (AvgIpc) is 2.80. The molecule has 0 spiro atoms. The largest absolute Gasteiger partial charge is 0.326 e. The first kappa shape index (κ1) is 29.2. The first-order valence-corrected chi connectivity index (χ1v) is 13.4. The summed E-state index contributed by atoms with van der Waals surface area (Å²) in [6, 6.07) is 7.22. The van der Waals surface area contributed by atoms with Gasteiger partial charge in [-0.2, -0.15) is 0 Å². The number of hydrogen-bond acceptors (Lipinski definition) is 3. The van der Waals surface area contributed by atoms with Crippen LogP contribution in [0.5, 0.6) is 0 Å². The summed E-state index contributed by atoms with van der Waals surface area (Å²) in [4.78, 5) is 23.8. The van der Waals surface area contributed by atoms with Gasteiger partial charge in [-0.3, -0.25) is 9.59 Å². The Labute approximate surface area is 202 Å². The van der Waals surface area contributed by atoms with Crippen LogP contribution in [0.1, 0.15) is 111 Å². The van der Waals surface area contributed by atoms with Crippen LogP contribution in [0.15, 0.2) is 24.3 Å². The molecular weight excluding hydrogens is 410 g/mol. The molecule has 0 saturated heterocycles. The van der Waals surface area contributed by atoms with Gasteiger partial charge < -0.3 is 16.0 Å². The maximum atomic E-state index is 12.1. The zero-order valence-electron chi connectivity index (χ0n) is 21.5. The van der Waals surface area contributed by atoms with Crippen molar-refractivity contribution in [3.63, 3.8) is 0 Å². The quantitative estimate of drug-likeness (QED) is 0.179. The van der Waals surface area contributed by atoms with Crippen LogP contribution in [0.25, 0.3) is 0 Å². The van der Waals surface area contributed by atoms with E-state index in [1.807, 2.05) is 13.8 Å². The van der Waals surface area contributed by atoms with Crippen molar-refractivity contribution in [3.8, 4) is 0 Å². The first-order valence-electron chi connectivity index (χ1n) is 13.4. The molecule has 5 nitrogen and oxygen atoms in total. The highest BCUT2D eigenvalue weighted by Crippen LogP contribution is 2.15. The van der Waals surface area contributed by atoms with Crippen molar-refractivity contribution in [3.05, 3.63) is 24.3 Å². The summed E-state index contributed by atoms with van der Waals surface area (Å²) in [5, 5.41) is 8.96. The van der Waals surface area contributed by atoms with Gasteiger partial charge in [0.25, 0.3) is 0 Å². The minimum atomic E-state index is -0.0600. The summed E-state index contributed by atoms with van der Waals surface area (Å²) in [7, 11) is 0. The Bertz CT molecular complexity index is 629. The van der Waals surface area contributed by atoms with Gasteiger partial charge in [-0.15, -0.1) is 0 Å². The predicted octanol–water partition coefficient (Wildman–Crippen LogP) is 7.29. The van der Waals surface area contributed by atoms with Gasteiger partial charge in [-0.25, -0.2) is 0 Å². The van der Waals surface area contributed by atoms with Crippen LogP contribution < -0.4 is 16.0 Å². The zero-order valence-corrected chi connectivity index (χ0v) is 21.5. The second kappa shape index (κ2) is 19.6. The monoisotopic (exact) mass is 459 g/mol. The third-order valence-electron chi connectivity index (χ3n) is 5.95. The number of carbonyl (C=O) groups excluding carboxylic acids is 2. The highest BCUT2D eigenvalue weighted by Gasteiger charge is 2.07. The average molecular weight is 460 g/mol. The number of rotatable bonds is 20. The molecule has 1 aromatic rings. The molecule has 0 heterocycles. The van der Waals surface area contributed by atoms with Crippen molar-refractivity contribution in [2.45, 2.75) is 111 Å². The maximum absolute atomic E-state index is 12.1. The summed E-state index contributed by atoms with van der Waals surface area (Å²) in [6.07, 6.45) is 19.0. The van der Waals surface area contributed by atoms with Crippen LogP contribution in [0, 0.1) is 5.92 Å². The lowest BCUT2D eigenvalue weighted by Gasteiger charge is -2.10. The van der Waals surface area contributed by atoms with Crippen LogP contribution >= 0.6 is 0 Å². The molecule has 0 radical (unpaired) electrons. The molecule has 0 atom stereocenters. The van der Waals surface area contributed by atoms with Gasteiger partial charge in [0.15, 0.2) is 0 Å². The van der Waals surface area contributed by atoms with Gasteiger partial charge in [-0.1, -0.05) is 104 Å². The first-order chi connectivity index (χ1) is 16.0. The minimum absolute atomic E-state index is 0.0144. The third kappa shape index (κ3) is 16.4. The number of amides is 2. The second-order valence-electron chi connectivity index (χ2n) is 9.54. The molecule has 2 amide bonds. The molecule has 0 aliphatic heterocycles. The topological polar surface area (TPSA) is 70.2 Å². The molecule has 0 aromatic heterocycles. The van der Waals surface area contributed by atoms with Crippen molar-refractivity contribution in [2.75, 3.05) is 23.7 Å². The molecule has 0 unspecified atom stereocenters. The van der Waals surface area contributed by atoms with E-state index in [9.17, 15) is 9.59 Å². The molecule has 3 N–H and O–H groups in total. The van der Waals surface area contributed by atoms with Crippen LogP contribution in [-0.4, -0.2) is 24.9 Å². The van der Waals surface area contributed by atoms with E-state index in [4.69, 9.17) is 0 Å². The number of unbranched alkanes of at least 4 members (excludes halogenated alkanes) is 13. The number of nitrogens with one attached hydrogen (secondary N) is 3. The number of hydrogen-bond donors (Lipinski definition) is 3. The fourth-order valence-electron chi connectivity index (χ4n) is 3.78. The Kier molecular flexibility index (Phi) is 17.3. The van der Waals surface area contributed by atoms with E-state index in [1.165, 1.54) is 83.5 Å². The summed E-state index contributed by atoms with van der Waals surface area (Å²) in [5.41, 5.74) is 1.48. The predicted molar refractivity (Wildman–Crippen MR) is 142 cm³/mol. The fraction of sp³-hybridized carbons (Fsp3) is 0.714. The molecule has 0 fully saturated rings. The minimum Gasteiger partial charge on any atom is -0.326 e. The van der Waals surface area contributed by atoms with Crippen molar-refractivity contribution in [1.29, 1.82) is 0 Å². The Morgan fingerprint density at radius 2 is 1.09 bits per heavy atom. The number of anilines is 2. The lowest BCUT2D eigenvalue weighted by molar-refractivity contribution is -0.119. The molecule has 33 heavy (non-hydrogen) atoms. The maximum Gasteiger partial charge on any atom is 0.238 e. The number of carbonyl (C=O) groups is 2. The van der Waals surface area contributed by atoms with Crippen LogP contribution in [0.2, 0.25) is 0 Å². The van der Waals surface area contributed by atoms with E-state index in [2.05, 4.69) is 22.9 Å². The van der Waals surface area contributed by atoms with Crippen molar-refractivity contribution < 1.29 is 9.59 Å². The summed E-state index contributed by atoms with van der Waals surface area (Å²) in [6.45, 7) is 7.19. The van der Waals surface area contributed by atoms with Crippen LogP contribution in [-0.2, 0) is 9.59 Å². The zero-order chi connectivity index (χ0) is 24.2. The summed E-state index contributed by atoms with van der Waals surface area (Å²) in [5.74, 6) is -0.117. The van der Waals surface area contributed by atoms with E-state index >= 15 is 0 Å². The van der Waals surface area contributed by atoms with Crippen molar-refractivity contribution >= 4 is 23.2 Å². The van der Waals surface area contributed by atoms with E-state index < -0.39 is 0 Å². The molecule has 1 rings (SSSR count). The van der Waals surface area contributed by atoms with Gasteiger partial charge in [0.2, 0.25) is 11.8 Å². The van der Waals surface area contributed by atoms with E-state index in [-0.39, 0.29) is 17.7 Å². The number of benzene rings is 1. The van der Waals surface area contributed by atoms with E-state index in [0.29, 0.717) is 6.54 Å². The van der Waals surface area contributed by atoms with Gasteiger partial charge >= 0.3 is 0 Å². The van der Waals surface area contributed by atoms with Gasteiger partial charge in [0, 0.05) is 17.3 Å². The Hall–Kier alpha value is -1.88. The van der Waals surface area contributed by atoms with Gasteiger partial charge in [-0.05, 0) is 37.2 Å². The molecule has 0 aliphatic rings. The summed E-state index contributed by atoms with van der Waals surface area (Å²) < 4.78 is 0. The Morgan fingerprint density at radius 1 is 0.667 bits per heavy atom. The Balaban J connectivity index is 1.92. The van der Waals surface area contributed by atoms with Crippen molar-refractivity contribution in [1.82, 2.24) is 5.32 Å². The van der Waals surface area contributed by atoms with Gasteiger partial charge in [0.1, 0.15) is 0 Å². The second-order valence-corrected chi connectivity index (χ2v) is 9.54. The van der Waals surface area contributed by atoms with E-state index in [0.717, 1.165) is 24.3 Å². The van der Waals surface area contributed by atoms with Crippen molar-refractivity contribution in [2.24, 2.45) is 5.92 Å². The highest BCUT2D eigenvalue weighted by atomic mass is 16.2. The van der Waals surface area contributed by atoms with Crippen LogP contribution in [0.3, 0.4) is 0 Å². The SMILES string of the molecule is CCCCCCCCCCCCCCCCNCC(=O)Nc1ccc(NC(=O)C(C)C)cc1. The van der Waals surface area contributed by atoms with E-state index in [1.54, 1.807) is 24.3 Å². The molecule has 0 bridgehead atoms. The fourth-order valence-corrected chi connectivity index (χ4v) is 3.78. The lowest BCUT2D eigenvalue weighted by atomic mass is 10.0. The standard InChI is InChI=1S/C28H49N3O2/c1-4-5-6-7-8-9-10-11-12-13-14-15-16-17-22-29-23-27(32)30-25-18-20-26(21-19-25)31-28(33)24(2)3/h18-21,24,29H,4-17,22-23H2,1-3H3,(H,30,32)(H,31,33). The molecule has 5 heteroatoms. The molecule has 1 aromatic carbocycles. The third-order valence-corrected chi connectivity index (χ3v) is 5.95. The molecule has 0 saturated carbocycles. The molecule has 0 aliphatic carbocycles. The summed E-state index contributed by atoms with van der Waals surface area (Å²) >= 11 is 0. The van der Waals surface area contributed by atoms with Gasteiger partial charge in [0.05, 0.1) is 6.54 Å².